The van der Waals surface area contributed by atoms with E-state index < -0.39 is 0 Å². The minimum Gasteiger partial charge on any atom is -0.339 e. The van der Waals surface area contributed by atoms with Crippen LogP contribution in [0.2, 0.25) is 0 Å². The second-order valence-corrected chi connectivity index (χ2v) is 5.70. The number of rotatable bonds is 5. The Kier molecular flexibility index (Phi) is 4.49. The first-order valence-corrected chi connectivity index (χ1v) is 6.98. The molecule has 0 aliphatic carbocycles. The van der Waals surface area contributed by atoms with Gasteiger partial charge in [-0.05, 0) is 37.3 Å². The van der Waals surface area contributed by atoms with Gasteiger partial charge in [0.1, 0.15) is 5.69 Å². The number of nitrogens with zero attached hydrogens (tertiary/aromatic N) is 3. The van der Waals surface area contributed by atoms with Crippen LogP contribution in [-0.2, 0) is 0 Å². The molecule has 2 aromatic heterocycles. The number of pyridine rings is 1. The fourth-order valence-corrected chi connectivity index (χ4v) is 2.31. The van der Waals surface area contributed by atoms with Crippen molar-refractivity contribution >= 4 is 0 Å². The third-order valence-corrected chi connectivity index (χ3v) is 3.26. The van der Waals surface area contributed by atoms with Crippen LogP contribution >= 0.6 is 0 Å². The molecule has 0 amide bonds. The molecule has 1 atom stereocenters. The van der Waals surface area contributed by atoms with Crippen molar-refractivity contribution in [2.45, 2.75) is 40.0 Å². The number of aryl methyl sites for hydroxylation is 2. The first kappa shape index (κ1) is 14.7. The molecule has 0 saturated carbocycles. The summed E-state index contributed by atoms with van der Waals surface area (Å²) < 4.78 is 5.38. The first-order chi connectivity index (χ1) is 9.51. The van der Waals surface area contributed by atoms with Crippen molar-refractivity contribution in [2.24, 2.45) is 11.7 Å². The number of aromatic nitrogens is 3. The van der Waals surface area contributed by atoms with Gasteiger partial charge in [-0.15, -0.1) is 0 Å². The molecule has 0 bridgehead atoms. The molecule has 5 nitrogen and oxygen atoms in total. The van der Waals surface area contributed by atoms with E-state index in [1.807, 2.05) is 20.0 Å². The van der Waals surface area contributed by atoms with E-state index in [0.717, 1.165) is 23.2 Å². The lowest BCUT2D eigenvalue weighted by Crippen LogP contribution is -2.15. The van der Waals surface area contributed by atoms with Gasteiger partial charge < -0.3 is 10.3 Å². The van der Waals surface area contributed by atoms with Crippen molar-refractivity contribution in [1.29, 1.82) is 0 Å². The van der Waals surface area contributed by atoms with Crippen molar-refractivity contribution in [2.75, 3.05) is 6.54 Å². The highest BCUT2D eigenvalue weighted by molar-refractivity contribution is 5.54. The molecule has 2 N–H and O–H groups in total. The molecule has 2 heterocycles. The summed E-state index contributed by atoms with van der Waals surface area (Å²) in [6.45, 7) is 8.84. The molecular formula is C15H22N4O. The van der Waals surface area contributed by atoms with E-state index >= 15 is 0 Å². The van der Waals surface area contributed by atoms with Crippen LogP contribution in [0.25, 0.3) is 11.5 Å². The molecule has 0 fully saturated rings. The predicted molar refractivity (Wildman–Crippen MR) is 78.3 cm³/mol. The number of hydrogen-bond donors (Lipinski definition) is 1. The van der Waals surface area contributed by atoms with E-state index in [4.69, 9.17) is 10.3 Å². The SMILES string of the molecule is Cc1cnc(-c2noc(C(CN)CC(C)C)n2)c(C)c1. The van der Waals surface area contributed by atoms with Crippen LogP contribution in [0.15, 0.2) is 16.8 Å². The molecule has 2 rings (SSSR count). The van der Waals surface area contributed by atoms with Gasteiger partial charge in [0.25, 0.3) is 0 Å². The first-order valence-electron chi connectivity index (χ1n) is 6.98. The van der Waals surface area contributed by atoms with Crippen LogP contribution < -0.4 is 5.73 Å². The average molecular weight is 274 g/mol. The van der Waals surface area contributed by atoms with E-state index in [9.17, 15) is 0 Å². The molecular weight excluding hydrogens is 252 g/mol. The molecule has 0 aliphatic heterocycles. The Balaban J connectivity index is 2.27. The average Bonchev–Trinajstić information content (AvgIpc) is 2.85. The molecule has 0 radical (unpaired) electrons. The maximum absolute atomic E-state index is 5.81. The third-order valence-electron chi connectivity index (χ3n) is 3.26. The predicted octanol–water partition coefficient (Wildman–Crippen LogP) is 2.84. The van der Waals surface area contributed by atoms with Crippen LogP contribution in [0.3, 0.4) is 0 Å². The zero-order valence-corrected chi connectivity index (χ0v) is 12.6. The molecule has 2 aromatic rings. The molecule has 0 saturated heterocycles. The summed E-state index contributed by atoms with van der Waals surface area (Å²) in [5, 5.41) is 4.05. The van der Waals surface area contributed by atoms with E-state index in [0.29, 0.717) is 24.2 Å². The quantitative estimate of drug-likeness (QED) is 0.907. The van der Waals surface area contributed by atoms with Crippen LogP contribution in [-0.4, -0.2) is 21.7 Å². The van der Waals surface area contributed by atoms with Gasteiger partial charge in [0.05, 0.1) is 5.92 Å². The Bertz CT molecular complexity index is 577. The van der Waals surface area contributed by atoms with Crippen LogP contribution in [0.1, 0.15) is 43.2 Å². The van der Waals surface area contributed by atoms with Gasteiger partial charge in [0.2, 0.25) is 11.7 Å². The monoisotopic (exact) mass is 274 g/mol. The highest BCUT2D eigenvalue weighted by Crippen LogP contribution is 2.24. The lowest BCUT2D eigenvalue weighted by Gasteiger charge is -2.11. The molecule has 0 aliphatic rings. The lowest BCUT2D eigenvalue weighted by atomic mass is 9.97. The zero-order valence-electron chi connectivity index (χ0n) is 12.6. The van der Waals surface area contributed by atoms with Gasteiger partial charge in [-0.3, -0.25) is 4.98 Å². The summed E-state index contributed by atoms with van der Waals surface area (Å²) in [6, 6.07) is 2.06. The van der Waals surface area contributed by atoms with Crippen molar-refractivity contribution < 1.29 is 4.52 Å². The Morgan fingerprint density at radius 3 is 2.65 bits per heavy atom. The largest absolute Gasteiger partial charge is 0.339 e. The van der Waals surface area contributed by atoms with Crippen LogP contribution in [0.4, 0.5) is 0 Å². The second-order valence-electron chi connectivity index (χ2n) is 5.70. The maximum atomic E-state index is 5.81. The summed E-state index contributed by atoms with van der Waals surface area (Å²) in [7, 11) is 0. The van der Waals surface area contributed by atoms with Gasteiger partial charge in [-0.1, -0.05) is 25.1 Å². The molecule has 20 heavy (non-hydrogen) atoms. The molecule has 5 heteroatoms. The standard InChI is InChI=1S/C15H22N4O/c1-9(2)5-12(7-16)15-18-14(19-20-15)13-11(4)6-10(3)8-17-13/h6,8-9,12H,5,7,16H2,1-4H3. The highest BCUT2D eigenvalue weighted by atomic mass is 16.5. The van der Waals surface area contributed by atoms with Crippen molar-refractivity contribution in [3.8, 4) is 11.5 Å². The van der Waals surface area contributed by atoms with E-state index in [-0.39, 0.29) is 5.92 Å². The van der Waals surface area contributed by atoms with E-state index in [2.05, 4.69) is 35.0 Å². The zero-order chi connectivity index (χ0) is 14.7. The number of hydrogen-bond acceptors (Lipinski definition) is 5. The Labute approximate surface area is 119 Å². The summed E-state index contributed by atoms with van der Waals surface area (Å²) in [4.78, 5) is 8.87. The minimum atomic E-state index is 0.113. The number of nitrogens with two attached hydrogens (primary N) is 1. The summed E-state index contributed by atoms with van der Waals surface area (Å²) >= 11 is 0. The molecule has 108 valence electrons. The third kappa shape index (κ3) is 3.22. The van der Waals surface area contributed by atoms with E-state index in [1.54, 1.807) is 0 Å². The molecule has 1 unspecified atom stereocenters. The Morgan fingerprint density at radius 1 is 1.30 bits per heavy atom. The lowest BCUT2D eigenvalue weighted by molar-refractivity contribution is 0.334. The Hall–Kier alpha value is -1.75. The van der Waals surface area contributed by atoms with Crippen molar-refractivity contribution in [3.63, 3.8) is 0 Å². The summed E-state index contributed by atoms with van der Waals surface area (Å²) in [6.07, 6.45) is 2.76. The van der Waals surface area contributed by atoms with Gasteiger partial charge in [-0.2, -0.15) is 4.98 Å². The fourth-order valence-electron chi connectivity index (χ4n) is 2.31. The van der Waals surface area contributed by atoms with Crippen molar-refractivity contribution in [3.05, 3.63) is 29.3 Å². The fraction of sp³-hybridized carbons (Fsp3) is 0.533. The van der Waals surface area contributed by atoms with Gasteiger partial charge in [0, 0.05) is 12.7 Å². The molecule has 0 aromatic carbocycles. The maximum Gasteiger partial charge on any atom is 0.231 e. The van der Waals surface area contributed by atoms with Crippen LogP contribution in [0.5, 0.6) is 0 Å². The molecule has 0 spiro atoms. The van der Waals surface area contributed by atoms with E-state index in [1.165, 1.54) is 0 Å². The summed E-state index contributed by atoms with van der Waals surface area (Å²) in [5.74, 6) is 1.80. The smallest absolute Gasteiger partial charge is 0.231 e. The second kappa shape index (κ2) is 6.13. The Morgan fingerprint density at radius 2 is 2.05 bits per heavy atom. The highest BCUT2D eigenvalue weighted by Gasteiger charge is 2.20. The van der Waals surface area contributed by atoms with Gasteiger partial charge in [-0.25, -0.2) is 0 Å². The summed E-state index contributed by atoms with van der Waals surface area (Å²) in [5.41, 5.74) is 8.74. The normalized spacial score (nSPS) is 12.9. The topological polar surface area (TPSA) is 77.8 Å². The minimum absolute atomic E-state index is 0.113. The van der Waals surface area contributed by atoms with Gasteiger partial charge in [0.15, 0.2) is 0 Å². The van der Waals surface area contributed by atoms with Gasteiger partial charge >= 0.3 is 0 Å². The van der Waals surface area contributed by atoms with Crippen molar-refractivity contribution in [1.82, 2.24) is 15.1 Å². The van der Waals surface area contributed by atoms with Crippen LogP contribution in [0, 0.1) is 19.8 Å².